The van der Waals surface area contributed by atoms with Crippen molar-refractivity contribution in [2.24, 2.45) is 0 Å². The van der Waals surface area contributed by atoms with E-state index in [0.717, 1.165) is 41.3 Å². The smallest absolute Gasteiger partial charge is 0.243 e. The van der Waals surface area contributed by atoms with Gasteiger partial charge in [0.2, 0.25) is 15.9 Å². The molecule has 2 aliphatic rings. The number of nitrogens with zero attached hydrogens (tertiary/aromatic N) is 1. The highest BCUT2D eigenvalue weighted by atomic mass is 79.9. The molecule has 0 aromatic heterocycles. The summed E-state index contributed by atoms with van der Waals surface area (Å²) >= 11 is 3.35. The van der Waals surface area contributed by atoms with Crippen LogP contribution in [-0.2, 0) is 21.2 Å². The lowest BCUT2D eigenvalue weighted by molar-refractivity contribution is -0.122. The third-order valence-corrected chi connectivity index (χ3v) is 8.33. The lowest BCUT2D eigenvalue weighted by atomic mass is 9.92. The Balaban J connectivity index is 1.64. The molecule has 5 nitrogen and oxygen atoms in total. The van der Waals surface area contributed by atoms with Crippen molar-refractivity contribution in [2.75, 3.05) is 6.54 Å². The molecule has 1 N–H and O–H groups in total. The van der Waals surface area contributed by atoms with Crippen LogP contribution in [0, 0.1) is 0 Å². The minimum Gasteiger partial charge on any atom is -0.353 e. The molecular weight excluding hydrogens is 452 g/mol. The number of nitrogens with one attached hydrogen (secondary N) is 1. The third kappa shape index (κ3) is 4.42. The first-order chi connectivity index (χ1) is 13.9. The maximum absolute atomic E-state index is 13.4. The van der Waals surface area contributed by atoms with E-state index in [1.54, 1.807) is 24.3 Å². The van der Waals surface area contributed by atoms with Gasteiger partial charge in [0.25, 0.3) is 0 Å². The van der Waals surface area contributed by atoms with E-state index in [-0.39, 0.29) is 23.3 Å². The van der Waals surface area contributed by atoms with Crippen LogP contribution in [0.5, 0.6) is 0 Å². The molecule has 154 valence electrons. The predicted molar refractivity (Wildman–Crippen MR) is 116 cm³/mol. The van der Waals surface area contributed by atoms with E-state index in [9.17, 15) is 13.2 Å². The first-order valence-corrected chi connectivity index (χ1v) is 12.3. The van der Waals surface area contributed by atoms with Crippen LogP contribution in [0.2, 0.25) is 0 Å². The summed E-state index contributed by atoms with van der Waals surface area (Å²) in [7, 11) is -3.71. The van der Waals surface area contributed by atoms with Gasteiger partial charge in [-0.15, -0.1) is 0 Å². The summed E-state index contributed by atoms with van der Waals surface area (Å²) < 4.78 is 29.2. The number of carbonyl (C=O) groups is 1. The van der Waals surface area contributed by atoms with Gasteiger partial charge in [0.1, 0.15) is 0 Å². The molecule has 1 atom stereocenters. The largest absolute Gasteiger partial charge is 0.353 e. The van der Waals surface area contributed by atoms with Gasteiger partial charge in [0.05, 0.1) is 10.9 Å². The second kappa shape index (κ2) is 8.58. The van der Waals surface area contributed by atoms with Crippen LogP contribution in [0.4, 0.5) is 0 Å². The quantitative estimate of drug-likeness (QED) is 0.703. The number of carbonyl (C=O) groups excluding carboxylic acids is 1. The van der Waals surface area contributed by atoms with E-state index < -0.39 is 16.1 Å². The lowest BCUT2D eigenvalue weighted by Crippen LogP contribution is -2.43. The summed E-state index contributed by atoms with van der Waals surface area (Å²) in [6, 6.07) is 14.3. The number of amides is 1. The summed E-state index contributed by atoms with van der Waals surface area (Å²) in [4.78, 5) is 13.0. The molecule has 0 radical (unpaired) electrons. The maximum atomic E-state index is 13.4. The highest BCUT2D eigenvalue weighted by molar-refractivity contribution is 9.10. The SMILES string of the molecule is O=C(C[C@H]1c2ccccc2CCN1S(=O)(=O)c1ccc(Br)cc1)NC1CCCC1. The number of fused-ring (bicyclic) bond motifs is 1. The van der Waals surface area contributed by atoms with Gasteiger partial charge in [-0.05, 0) is 54.7 Å². The van der Waals surface area contributed by atoms with E-state index in [4.69, 9.17) is 0 Å². The number of sulfonamides is 1. The molecule has 0 unspecified atom stereocenters. The molecule has 29 heavy (non-hydrogen) atoms. The van der Waals surface area contributed by atoms with Crippen LogP contribution in [0.25, 0.3) is 0 Å². The van der Waals surface area contributed by atoms with Crippen molar-refractivity contribution in [3.8, 4) is 0 Å². The minimum atomic E-state index is -3.71. The highest BCUT2D eigenvalue weighted by Crippen LogP contribution is 2.36. The number of benzene rings is 2. The topological polar surface area (TPSA) is 66.5 Å². The second-order valence-electron chi connectivity index (χ2n) is 7.79. The predicted octanol–water partition coefficient (Wildman–Crippen LogP) is 4.19. The Labute approximate surface area is 180 Å². The molecular formula is C22H25BrN2O3S. The summed E-state index contributed by atoms with van der Waals surface area (Å²) in [5.74, 6) is -0.0744. The Kier molecular flexibility index (Phi) is 6.08. The average molecular weight is 477 g/mol. The fraction of sp³-hybridized carbons (Fsp3) is 0.409. The van der Waals surface area contributed by atoms with Crippen molar-refractivity contribution in [1.82, 2.24) is 9.62 Å². The van der Waals surface area contributed by atoms with Crippen LogP contribution < -0.4 is 5.32 Å². The summed E-state index contributed by atoms with van der Waals surface area (Å²) in [6.07, 6.45) is 5.08. The third-order valence-electron chi connectivity index (χ3n) is 5.88. The molecule has 2 aromatic rings. The molecule has 1 heterocycles. The highest BCUT2D eigenvalue weighted by Gasteiger charge is 2.37. The van der Waals surface area contributed by atoms with Crippen molar-refractivity contribution in [3.63, 3.8) is 0 Å². The van der Waals surface area contributed by atoms with Gasteiger partial charge in [-0.3, -0.25) is 4.79 Å². The minimum absolute atomic E-state index is 0.0744. The number of hydrogen-bond donors (Lipinski definition) is 1. The fourth-order valence-electron chi connectivity index (χ4n) is 4.40. The standard InChI is InChI=1S/C22H25BrN2O3S/c23-17-9-11-19(12-10-17)29(27,28)25-14-13-16-5-1-4-8-20(16)21(25)15-22(26)24-18-6-2-3-7-18/h1,4-5,8-12,18,21H,2-3,6-7,13-15H2,(H,24,26)/t21-/m0/s1. The van der Waals surface area contributed by atoms with Crippen LogP contribution in [0.3, 0.4) is 0 Å². The molecule has 1 aliphatic carbocycles. The zero-order chi connectivity index (χ0) is 20.4. The average Bonchev–Trinajstić information content (AvgIpc) is 3.21. The van der Waals surface area contributed by atoms with Crippen LogP contribution in [0.1, 0.15) is 49.3 Å². The van der Waals surface area contributed by atoms with Crippen molar-refractivity contribution >= 4 is 31.9 Å². The van der Waals surface area contributed by atoms with Crippen molar-refractivity contribution in [1.29, 1.82) is 0 Å². The molecule has 0 spiro atoms. The number of hydrogen-bond acceptors (Lipinski definition) is 3. The zero-order valence-electron chi connectivity index (χ0n) is 16.2. The lowest BCUT2D eigenvalue weighted by Gasteiger charge is -2.36. The maximum Gasteiger partial charge on any atom is 0.243 e. The van der Waals surface area contributed by atoms with Gasteiger partial charge < -0.3 is 5.32 Å². The van der Waals surface area contributed by atoms with Gasteiger partial charge in [0.15, 0.2) is 0 Å². The Morgan fingerprint density at radius 3 is 2.48 bits per heavy atom. The molecule has 1 saturated carbocycles. The molecule has 2 aromatic carbocycles. The van der Waals surface area contributed by atoms with E-state index in [0.29, 0.717) is 13.0 Å². The monoisotopic (exact) mass is 476 g/mol. The Bertz CT molecular complexity index is 985. The van der Waals surface area contributed by atoms with Crippen molar-refractivity contribution < 1.29 is 13.2 Å². The van der Waals surface area contributed by atoms with Gasteiger partial charge >= 0.3 is 0 Å². The number of halogens is 1. The van der Waals surface area contributed by atoms with E-state index in [2.05, 4.69) is 21.2 Å². The first-order valence-electron chi connectivity index (χ1n) is 10.1. The molecule has 7 heteroatoms. The summed E-state index contributed by atoms with van der Waals surface area (Å²) in [6.45, 7) is 0.372. The second-order valence-corrected chi connectivity index (χ2v) is 10.6. The molecule has 1 aliphatic heterocycles. The molecule has 0 saturated heterocycles. The van der Waals surface area contributed by atoms with Crippen molar-refractivity contribution in [2.45, 2.75) is 55.5 Å². The van der Waals surface area contributed by atoms with Gasteiger partial charge in [-0.25, -0.2) is 8.42 Å². The summed E-state index contributed by atoms with van der Waals surface area (Å²) in [5, 5.41) is 3.11. The summed E-state index contributed by atoms with van der Waals surface area (Å²) in [5.41, 5.74) is 2.05. The van der Waals surface area contributed by atoms with Gasteiger partial charge in [-0.2, -0.15) is 4.31 Å². The van der Waals surface area contributed by atoms with E-state index in [1.165, 1.54) is 4.31 Å². The van der Waals surface area contributed by atoms with Crippen molar-refractivity contribution in [3.05, 3.63) is 64.1 Å². The normalized spacial score (nSPS) is 20.4. The Morgan fingerprint density at radius 2 is 1.76 bits per heavy atom. The zero-order valence-corrected chi connectivity index (χ0v) is 18.6. The first kappa shape index (κ1) is 20.6. The molecule has 1 fully saturated rings. The fourth-order valence-corrected chi connectivity index (χ4v) is 6.27. The van der Waals surface area contributed by atoms with E-state index >= 15 is 0 Å². The molecule has 4 rings (SSSR count). The molecule has 1 amide bonds. The number of rotatable bonds is 5. The Morgan fingerprint density at radius 1 is 1.07 bits per heavy atom. The van der Waals surface area contributed by atoms with Gasteiger partial charge in [-0.1, -0.05) is 53.0 Å². The Hall–Kier alpha value is -1.70. The van der Waals surface area contributed by atoms with Gasteiger partial charge in [0, 0.05) is 23.5 Å². The van der Waals surface area contributed by atoms with Crippen LogP contribution in [-0.4, -0.2) is 31.2 Å². The van der Waals surface area contributed by atoms with Crippen LogP contribution in [0.15, 0.2) is 57.9 Å². The van der Waals surface area contributed by atoms with E-state index in [1.807, 2.05) is 24.3 Å². The molecule has 0 bridgehead atoms. The van der Waals surface area contributed by atoms with Crippen LogP contribution >= 0.6 is 15.9 Å².